The van der Waals surface area contributed by atoms with Crippen LogP contribution >= 0.6 is 23.2 Å². The average molecular weight is 273 g/mol. The third kappa shape index (κ3) is 2.86. The van der Waals surface area contributed by atoms with Crippen molar-refractivity contribution in [1.29, 1.82) is 0 Å². The molecule has 1 aliphatic rings. The van der Waals surface area contributed by atoms with E-state index in [1.807, 2.05) is 12.1 Å². The highest BCUT2D eigenvalue weighted by atomic mass is 35.5. The molecule has 2 heterocycles. The van der Waals surface area contributed by atoms with Crippen molar-refractivity contribution in [3.05, 3.63) is 22.8 Å². The van der Waals surface area contributed by atoms with Crippen molar-refractivity contribution in [2.75, 3.05) is 11.4 Å². The number of nitrogens with zero attached hydrogens (tertiary/aromatic N) is 2. The first-order chi connectivity index (χ1) is 8.11. The molecule has 0 aliphatic carbocycles. The second-order valence-corrected chi connectivity index (χ2v) is 5.58. The summed E-state index contributed by atoms with van der Waals surface area (Å²) in [4.78, 5) is 6.91. The molecule has 1 aromatic rings. The van der Waals surface area contributed by atoms with Gasteiger partial charge in [-0.15, -0.1) is 11.6 Å². The zero-order chi connectivity index (χ0) is 12.4. The van der Waals surface area contributed by atoms with Crippen molar-refractivity contribution in [3.8, 4) is 0 Å². The van der Waals surface area contributed by atoms with E-state index in [9.17, 15) is 0 Å². The van der Waals surface area contributed by atoms with Gasteiger partial charge in [-0.3, -0.25) is 0 Å². The average Bonchev–Trinajstić information content (AvgIpc) is 2.30. The van der Waals surface area contributed by atoms with Gasteiger partial charge in [0, 0.05) is 12.6 Å². The van der Waals surface area contributed by atoms with Gasteiger partial charge in [-0.2, -0.15) is 0 Å². The van der Waals surface area contributed by atoms with Crippen LogP contribution in [0, 0.1) is 5.92 Å². The molecule has 1 saturated heterocycles. The summed E-state index contributed by atoms with van der Waals surface area (Å²) in [5.74, 6) is 2.18. The molecule has 0 N–H and O–H groups in total. The molecular formula is C13H18Cl2N2. The van der Waals surface area contributed by atoms with E-state index < -0.39 is 0 Å². The lowest BCUT2D eigenvalue weighted by Crippen LogP contribution is -2.40. The molecule has 2 unspecified atom stereocenters. The lowest BCUT2D eigenvalue weighted by atomic mass is 9.93. The molecule has 4 heteroatoms. The molecule has 0 aromatic carbocycles. The Kier molecular flexibility index (Phi) is 4.16. The standard InChI is InChI=1S/C13H18Cl2N2/c1-9-5-6-17(10(2)7-9)13-4-3-11(15)12(8-14)16-13/h3-4,9-10H,5-8H2,1-2H3. The summed E-state index contributed by atoms with van der Waals surface area (Å²) in [6, 6.07) is 4.42. The number of pyridine rings is 1. The van der Waals surface area contributed by atoms with Crippen molar-refractivity contribution in [2.45, 2.75) is 38.6 Å². The fourth-order valence-corrected chi connectivity index (χ4v) is 2.92. The molecule has 0 saturated carbocycles. The Morgan fingerprint density at radius 3 is 2.82 bits per heavy atom. The highest BCUT2D eigenvalue weighted by molar-refractivity contribution is 6.32. The van der Waals surface area contributed by atoms with Crippen LogP contribution in [0.15, 0.2) is 12.1 Å². The van der Waals surface area contributed by atoms with Gasteiger partial charge in [0.25, 0.3) is 0 Å². The van der Waals surface area contributed by atoms with E-state index in [-0.39, 0.29) is 0 Å². The van der Waals surface area contributed by atoms with E-state index in [0.29, 0.717) is 16.9 Å². The summed E-state index contributed by atoms with van der Waals surface area (Å²) < 4.78 is 0. The van der Waals surface area contributed by atoms with Gasteiger partial charge >= 0.3 is 0 Å². The Morgan fingerprint density at radius 2 is 2.18 bits per heavy atom. The maximum absolute atomic E-state index is 6.03. The summed E-state index contributed by atoms with van der Waals surface area (Å²) in [7, 11) is 0. The largest absolute Gasteiger partial charge is 0.354 e. The second-order valence-electron chi connectivity index (χ2n) is 4.90. The fraction of sp³-hybridized carbons (Fsp3) is 0.615. The minimum Gasteiger partial charge on any atom is -0.354 e. The summed E-state index contributed by atoms with van der Waals surface area (Å²) in [6.07, 6.45) is 2.45. The molecule has 0 amide bonds. The number of piperidine rings is 1. The molecule has 2 atom stereocenters. The van der Waals surface area contributed by atoms with Gasteiger partial charge in [0.2, 0.25) is 0 Å². The number of rotatable bonds is 2. The number of hydrogen-bond acceptors (Lipinski definition) is 2. The number of aromatic nitrogens is 1. The third-order valence-electron chi connectivity index (χ3n) is 3.46. The maximum atomic E-state index is 6.03. The molecule has 1 aliphatic heterocycles. The summed E-state index contributed by atoms with van der Waals surface area (Å²) in [5.41, 5.74) is 0.775. The Balaban J connectivity index is 2.22. The molecule has 1 aromatic heterocycles. The highest BCUT2D eigenvalue weighted by Gasteiger charge is 2.24. The van der Waals surface area contributed by atoms with Gasteiger partial charge in [0.15, 0.2) is 0 Å². The Bertz CT molecular complexity index is 395. The van der Waals surface area contributed by atoms with Crippen LogP contribution in [0.3, 0.4) is 0 Å². The topological polar surface area (TPSA) is 16.1 Å². The van der Waals surface area contributed by atoms with E-state index >= 15 is 0 Å². The Hall–Kier alpha value is -0.470. The third-order valence-corrected chi connectivity index (χ3v) is 4.06. The highest BCUT2D eigenvalue weighted by Crippen LogP contribution is 2.28. The monoisotopic (exact) mass is 272 g/mol. The molecule has 1 fully saturated rings. The van der Waals surface area contributed by atoms with E-state index in [0.717, 1.165) is 24.0 Å². The predicted octanol–water partition coefficient (Wildman–Crippen LogP) is 4.10. The van der Waals surface area contributed by atoms with Crippen molar-refractivity contribution < 1.29 is 0 Å². The van der Waals surface area contributed by atoms with Gasteiger partial charge in [-0.05, 0) is 37.8 Å². The van der Waals surface area contributed by atoms with Gasteiger partial charge in [-0.25, -0.2) is 4.98 Å². The number of anilines is 1. The van der Waals surface area contributed by atoms with Gasteiger partial charge in [0.05, 0.1) is 16.6 Å². The minimum atomic E-state index is 0.366. The fourth-order valence-electron chi connectivity index (χ4n) is 2.47. The van der Waals surface area contributed by atoms with Crippen LogP contribution in [0.1, 0.15) is 32.4 Å². The van der Waals surface area contributed by atoms with Crippen LogP contribution in [0.4, 0.5) is 5.82 Å². The molecule has 2 nitrogen and oxygen atoms in total. The van der Waals surface area contributed by atoms with Crippen molar-refractivity contribution in [1.82, 2.24) is 4.98 Å². The second kappa shape index (κ2) is 5.45. The molecule has 0 spiro atoms. The SMILES string of the molecule is CC1CCN(c2ccc(Cl)c(CCl)n2)C(C)C1. The molecule has 2 rings (SSSR count). The van der Waals surface area contributed by atoms with E-state index in [4.69, 9.17) is 23.2 Å². The van der Waals surface area contributed by atoms with Crippen LogP contribution in [-0.4, -0.2) is 17.6 Å². The number of hydrogen-bond donors (Lipinski definition) is 0. The molecule has 17 heavy (non-hydrogen) atoms. The van der Waals surface area contributed by atoms with Crippen LogP contribution in [-0.2, 0) is 5.88 Å². The molecule has 0 radical (unpaired) electrons. The smallest absolute Gasteiger partial charge is 0.129 e. The van der Waals surface area contributed by atoms with Gasteiger partial charge < -0.3 is 4.90 Å². The number of alkyl halides is 1. The molecular weight excluding hydrogens is 255 g/mol. The Labute approximate surface area is 113 Å². The quantitative estimate of drug-likeness (QED) is 0.754. The molecule has 94 valence electrons. The first kappa shape index (κ1) is 13.0. The lowest BCUT2D eigenvalue weighted by Gasteiger charge is -2.37. The van der Waals surface area contributed by atoms with E-state index in [1.165, 1.54) is 12.8 Å². The summed E-state index contributed by atoms with van der Waals surface area (Å²) in [6.45, 7) is 5.64. The zero-order valence-electron chi connectivity index (χ0n) is 10.3. The van der Waals surface area contributed by atoms with Crippen LogP contribution < -0.4 is 4.90 Å². The zero-order valence-corrected chi connectivity index (χ0v) is 11.8. The van der Waals surface area contributed by atoms with E-state index in [2.05, 4.69) is 23.7 Å². The summed E-state index contributed by atoms with van der Waals surface area (Å²) >= 11 is 11.9. The van der Waals surface area contributed by atoms with Crippen molar-refractivity contribution in [2.24, 2.45) is 5.92 Å². The van der Waals surface area contributed by atoms with Gasteiger partial charge in [-0.1, -0.05) is 18.5 Å². The molecule has 0 bridgehead atoms. The van der Waals surface area contributed by atoms with Crippen LogP contribution in [0.25, 0.3) is 0 Å². The summed E-state index contributed by atoms with van der Waals surface area (Å²) in [5, 5.41) is 0.654. The van der Waals surface area contributed by atoms with Gasteiger partial charge in [0.1, 0.15) is 5.82 Å². The Morgan fingerprint density at radius 1 is 1.41 bits per heavy atom. The first-order valence-electron chi connectivity index (χ1n) is 6.10. The van der Waals surface area contributed by atoms with Crippen LogP contribution in [0.5, 0.6) is 0 Å². The minimum absolute atomic E-state index is 0.366. The van der Waals surface area contributed by atoms with Crippen molar-refractivity contribution >= 4 is 29.0 Å². The first-order valence-corrected chi connectivity index (χ1v) is 7.01. The maximum Gasteiger partial charge on any atom is 0.129 e. The van der Waals surface area contributed by atoms with Crippen molar-refractivity contribution in [3.63, 3.8) is 0 Å². The normalized spacial score (nSPS) is 25.1. The lowest BCUT2D eigenvalue weighted by molar-refractivity contribution is 0.376. The number of halogens is 2. The predicted molar refractivity (Wildman–Crippen MR) is 74.0 cm³/mol. The van der Waals surface area contributed by atoms with E-state index in [1.54, 1.807) is 0 Å². The van der Waals surface area contributed by atoms with Crippen LogP contribution in [0.2, 0.25) is 5.02 Å².